The van der Waals surface area contributed by atoms with Gasteiger partial charge in [0.2, 0.25) is 6.54 Å². The minimum atomic E-state index is -0.651. The number of hydrogen-bond donors (Lipinski definition) is 2. The van der Waals surface area contributed by atoms with Crippen LogP contribution in [0, 0.1) is 20.8 Å². The number of aromatic nitrogens is 1. The van der Waals surface area contributed by atoms with E-state index >= 15 is 0 Å². The van der Waals surface area contributed by atoms with Crippen molar-refractivity contribution in [3.8, 4) is 0 Å². The van der Waals surface area contributed by atoms with E-state index < -0.39 is 11.9 Å². The number of amides is 2. The van der Waals surface area contributed by atoms with Crippen LogP contribution in [0.25, 0.3) is 0 Å². The van der Waals surface area contributed by atoms with Crippen molar-refractivity contribution in [3.63, 3.8) is 0 Å². The van der Waals surface area contributed by atoms with Crippen molar-refractivity contribution in [2.45, 2.75) is 34.2 Å². The fraction of sp³-hybridized carbons (Fsp3) is 0.333. The summed E-state index contributed by atoms with van der Waals surface area (Å²) in [5, 5.41) is 2.98. The van der Waals surface area contributed by atoms with Gasteiger partial charge in [-0.05, 0) is 32.4 Å². The number of nitrogens with two attached hydrogens (primary N) is 1. The quantitative estimate of drug-likeness (QED) is 0.593. The molecule has 2 aromatic rings. The maximum absolute atomic E-state index is 12.5. The van der Waals surface area contributed by atoms with Crippen LogP contribution in [-0.4, -0.2) is 24.4 Å². The minimum Gasteiger partial charge on any atom is -0.462 e. The summed E-state index contributed by atoms with van der Waals surface area (Å²) >= 11 is 0.978. The molecule has 0 atom stereocenters. The van der Waals surface area contributed by atoms with E-state index in [9.17, 15) is 14.4 Å². The molecule has 2 heterocycles. The second kappa shape index (κ2) is 8.09. The standard InChI is InChI=1S/C18H21N3O4S/c1-5-25-18(24)14-11(3)15(16(19)23)26-17(14)20-13(22)9-21-8-6-7-10(2)12(21)4/h6-8H,5,9H2,1-4H3,(H2-,19,20,22,23,24)/p+1. The van der Waals surface area contributed by atoms with Crippen LogP contribution >= 0.6 is 11.3 Å². The number of aryl methyl sites for hydroxylation is 1. The number of nitrogens with zero attached hydrogens (tertiary/aromatic N) is 1. The Kier molecular flexibility index (Phi) is 6.10. The molecule has 26 heavy (non-hydrogen) atoms. The predicted molar refractivity (Wildman–Crippen MR) is 98.3 cm³/mol. The molecule has 8 heteroatoms. The number of carbonyl (C=O) groups is 3. The fourth-order valence-corrected chi connectivity index (χ4v) is 3.59. The zero-order valence-electron chi connectivity index (χ0n) is 15.2. The second-order valence-electron chi connectivity index (χ2n) is 5.80. The van der Waals surface area contributed by atoms with E-state index in [4.69, 9.17) is 10.5 Å². The van der Waals surface area contributed by atoms with Gasteiger partial charge in [0.05, 0.1) is 17.0 Å². The molecule has 0 radical (unpaired) electrons. The molecule has 0 unspecified atom stereocenters. The first-order valence-corrected chi connectivity index (χ1v) is 8.93. The molecule has 138 valence electrons. The van der Waals surface area contributed by atoms with Gasteiger partial charge in [-0.3, -0.25) is 9.59 Å². The Morgan fingerprint density at radius 1 is 1.27 bits per heavy atom. The molecule has 0 aliphatic carbocycles. The number of primary amides is 1. The number of carbonyl (C=O) groups excluding carboxylic acids is 3. The zero-order valence-corrected chi connectivity index (χ0v) is 16.0. The third-order valence-corrected chi connectivity index (χ3v) is 5.25. The Morgan fingerprint density at radius 2 is 1.96 bits per heavy atom. The third kappa shape index (κ3) is 4.08. The van der Waals surface area contributed by atoms with E-state index in [0.29, 0.717) is 5.56 Å². The number of anilines is 1. The molecule has 0 aliphatic rings. The van der Waals surface area contributed by atoms with E-state index in [1.165, 1.54) is 0 Å². The molecule has 2 aromatic heterocycles. The molecule has 0 fully saturated rings. The summed E-state index contributed by atoms with van der Waals surface area (Å²) in [6.45, 7) is 7.45. The van der Waals surface area contributed by atoms with Gasteiger partial charge in [0.25, 0.3) is 11.8 Å². The highest BCUT2D eigenvalue weighted by molar-refractivity contribution is 7.18. The van der Waals surface area contributed by atoms with Crippen molar-refractivity contribution in [2.75, 3.05) is 11.9 Å². The summed E-state index contributed by atoms with van der Waals surface area (Å²) in [5.41, 5.74) is 7.98. The van der Waals surface area contributed by atoms with Crippen LogP contribution in [0.3, 0.4) is 0 Å². The molecule has 7 nitrogen and oxygen atoms in total. The van der Waals surface area contributed by atoms with Gasteiger partial charge < -0.3 is 15.8 Å². The van der Waals surface area contributed by atoms with Gasteiger partial charge in [-0.15, -0.1) is 11.3 Å². The normalized spacial score (nSPS) is 10.5. The van der Waals surface area contributed by atoms with Gasteiger partial charge in [-0.1, -0.05) is 0 Å². The summed E-state index contributed by atoms with van der Waals surface area (Å²) in [4.78, 5) is 36.5. The summed E-state index contributed by atoms with van der Waals surface area (Å²) in [6, 6.07) is 3.82. The topological polar surface area (TPSA) is 102 Å². The van der Waals surface area contributed by atoms with Crippen LogP contribution < -0.4 is 15.6 Å². The van der Waals surface area contributed by atoms with Gasteiger partial charge in [0.1, 0.15) is 5.00 Å². The van der Waals surface area contributed by atoms with Gasteiger partial charge in [0, 0.05) is 18.6 Å². The van der Waals surface area contributed by atoms with Crippen LogP contribution in [0.5, 0.6) is 0 Å². The molecule has 3 N–H and O–H groups in total. The summed E-state index contributed by atoms with van der Waals surface area (Å²) in [7, 11) is 0. The van der Waals surface area contributed by atoms with Crippen LogP contribution in [0.4, 0.5) is 5.00 Å². The first-order chi connectivity index (χ1) is 12.3. The van der Waals surface area contributed by atoms with Crippen molar-refractivity contribution < 1.29 is 23.7 Å². The zero-order chi connectivity index (χ0) is 19.4. The van der Waals surface area contributed by atoms with E-state index in [1.807, 2.05) is 36.7 Å². The number of nitrogens with one attached hydrogen (secondary N) is 1. The van der Waals surface area contributed by atoms with Crippen molar-refractivity contribution >= 4 is 34.1 Å². The molecule has 2 rings (SSSR count). The van der Waals surface area contributed by atoms with Gasteiger partial charge in [-0.25, -0.2) is 4.79 Å². The maximum Gasteiger partial charge on any atom is 0.341 e. The van der Waals surface area contributed by atoms with Crippen molar-refractivity contribution in [2.24, 2.45) is 5.73 Å². The van der Waals surface area contributed by atoms with E-state index in [0.717, 1.165) is 22.6 Å². The lowest BCUT2D eigenvalue weighted by Crippen LogP contribution is -2.43. The smallest absolute Gasteiger partial charge is 0.341 e. The first-order valence-electron chi connectivity index (χ1n) is 8.12. The lowest BCUT2D eigenvalue weighted by molar-refractivity contribution is -0.690. The van der Waals surface area contributed by atoms with E-state index in [2.05, 4.69) is 5.32 Å². The fourth-order valence-electron chi connectivity index (χ4n) is 2.53. The van der Waals surface area contributed by atoms with Gasteiger partial charge in [-0.2, -0.15) is 4.57 Å². The Hall–Kier alpha value is -2.74. The van der Waals surface area contributed by atoms with E-state index in [-0.39, 0.29) is 34.5 Å². The Labute approximate surface area is 155 Å². The molecule has 0 saturated heterocycles. The number of ether oxygens (including phenoxy) is 1. The third-order valence-electron chi connectivity index (χ3n) is 4.03. The highest BCUT2D eigenvalue weighted by atomic mass is 32.1. The molecular weight excluding hydrogens is 354 g/mol. The molecular formula is C18H22N3O4S+. The maximum atomic E-state index is 12.5. The molecule has 0 saturated carbocycles. The van der Waals surface area contributed by atoms with Gasteiger partial charge >= 0.3 is 5.97 Å². The van der Waals surface area contributed by atoms with Crippen LogP contribution in [0.15, 0.2) is 18.3 Å². The molecule has 0 aromatic carbocycles. The first kappa shape index (κ1) is 19.6. The SMILES string of the molecule is CCOC(=O)c1c(NC(=O)C[n+]2cccc(C)c2C)sc(C(N)=O)c1C. The highest BCUT2D eigenvalue weighted by Crippen LogP contribution is 2.33. The Balaban J connectivity index is 2.31. The van der Waals surface area contributed by atoms with Crippen LogP contribution in [0.2, 0.25) is 0 Å². The minimum absolute atomic E-state index is 0.0820. The number of esters is 1. The molecule has 0 spiro atoms. The van der Waals surface area contributed by atoms with Crippen molar-refractivity contribution in [1.82, 2.24) is 0 Å². The van der Waals surface area contributed by atoms with Crippen molar-refractivity contribution in [1.29, 1.82) is 0 Å². The number of pyridine rings is 1. The van der Waals surface area contributed by atoms with Gasteiger partial charge in [0.15, 0.2) is 11.9 Å². The Morgan fingerprint density at radius 3 is 2.58 bits per heavy atom. The monoisotopic (exact) mass is 376 g/mol. The predicted octanol–water partition coefficient (Wildman–Crippen LogP) is 1.88. The number of hydrogen-bond acceptors (Lipinski definition) is 5. The molecule has 0 bridgehead atoms. The summed E-state index contributed by atoms with van der Waals surface area (Å²) < 4.78 is 6.85. The largest absolute Gasteiger partial charge is 0.462 e. The second-order valence-corrected chi connectivity index (χ2v) is 6.82. The Bertz CT molecular complexity index is 874. The molecule has 0 aliphatic heterocycles. The number of rotatable bonds is 6. The van der Waals surface area contributed by atoms with E-state index in [1.54, 1.807) is 13.8 Å². The number of thiophene rings is 1. The lowest BCUT2D eigenvalue weighted by atomic mass is 10.1. The highest BCUT2D eigenvalue weighted by Gasteiger charge is 2.26. The van der Waals surface area contributed by atoms with Crippen molar-refractivity contribution in [3.05, 3.63) is 45.6 Å². The lowest BCUT2D eigenvalue weighted by Gasteiger charge is -2.07. The van der Waals surface area contributed by atoms with Crippen LogP contribution in [0.1, 0.15) is 43.8 Å². The summed E-state index contributed by atoms with van der Waals surface area (Å²) in [6.07, 6.45) is 1.81. The van der Waals surface area contributed by atoms with Crippen LogP contribution in [-0.2, 0) is 16.1 Å². The molecule has 2 amide bonds. The average molecular weight is 376 g/mol. The average Bonchev–Trinajstić information content (AvgIpc) is 2.88. The summed E-state index contributed by atoms with van der Waals surface area (Å²) in [5.74, 6) is -1.56.